The monoisotopic (exact) mass is 410 g/mol. The number of thiazole rings is 1. The van der Waals surface area contributed by atoms with Gasteiger partial charge in [-0.25, -0.2) is 8.91 Å². The van der Waals surface area contributed by atoms with Crippen LogP contribution in [0.15, 0.2) is 53.9 Å². The minimum atomic E-state index is -0.291. The summed E-state index contributed by atoms with van der Waals surface area (Å²) in [7, 11) is 1.61. The van der Waals surface area contributed by atoms with E-state index in [1.54, 1.807) is 23.8 Å². The smallest absolute Gasteiger partial charge is 0.224 e. The molecule has 2 aromatic carbocycles. The zero-order valence-electron chi connectivity index (χ0n) is 15.8. The average Bonchev–Trinajstić information content (AvgIpc) is 3.31. The molecule has 1 N–H and O–H groups in total. The molecule has 6 nitrogen and oxygen atoms in total. The third kappa shape index (κ3) is 4.43. The molecule has 2 aromatic heterocycles. The Morgan fingerprint density at radius 1 is 1.17 bits per heavy atom. The number of halogens is 1. The van der Waals surface area contributed by atoms with Gasteiger partial charge in [0, 0.05) is 23.9 Å². The van der Waals surface area contributed by atoms with Gasteiger partial charge in [0.05, 0.1) is 19.2 Å². The van der Waals surface area contributed by atoms with Gasteiger partial charge in [-0.1, -0.05) is 12.1 Å². The van der Waals surface area contributed by atoms with Gasteiger partial charge in [-0.05, 0) is 42.0 Å². The molecule has 1 amide bonds. The van der Waals surface area contributed by atoms with Crippen molar-refractivity contribution in [1.29, 1.82) is 0 Å². The summed E-state index contributed by atoms with van der Waals surface area (Å²) in [5, 5.41) is 9.45. The van der Waals surface area contributed by atoms with Crippen LogP contribution >= 0.6 is 11.3 Å². The van der Waals surface area contributed by atoms with Crippen molar-refractivity contribution in [2.75, 3.05) is 13.7 Å². The molecular formula is C21H19FN4O2S. The number of amides is 1. The Morgan fingerprint density at radius 3 is 2.66 bits per heavy atom. The number of carbonyl (C=O) groups excluding carboxylic acids is 1. The third-order valence-electron chi connectivity index (χ3n) is 4.48. The predicted octanol–water partition coefficient (Wildman–Crippen LogP) is 3.51. The Morgan fingerprint density at radius 2 is 1.93 bits per heavy atom. The molecule has 29 heavy (non-hydrogen) atoms. The van der Waals surface area contributed by atoms with Crippen LogP contribution in [0.5, 0.6) is 5.75 Å². The summed E-state index contributed by atoms with van der Waals surface area (Å²) in [6.07, 6.45) is 0.960. The van der Waals surface area contributed by atoms with Crippen LogP contribution in [0.1, 0.15) is 11.3 Å². The van der Waals surface area contributed by atoms with Crippen molar-refractivity contribution >= 4 is 22.2 Å². The maximum atomic E-state index is 13.1. The lowest BCUT2D eigenvalue weighted by Crippen LogP contribution is -2.27. The lowest BCUT2D eigenvalue weighted by Gasteiger charge is -2.06. The fraction of sp³-hybridized carbons (Fsp3) is 0.190. The van der Waals surface area contributed by atoms with Crippen molar-refractivity contribution in [3.8, 4) is 17.1 Å². The number of nitrogens with one attached hydrogen (secondary N) is 1. The lowest BCUT2D eigenvalue weighted by molar-refractivity contribution is -0.120. The van der Waals surface area contributed by atoms with E-state index in [1.165, 1.54) is 23.5 Å². The third-order valence-corrected chi connectivity index (χ3v) is 5.34. The first kappa shape index (κ1) is 19.1. The molecule has 0 atom stereocenters. The van der Waals surface area contributed by atoms with Crippen LogP contribution in [-0.4, -0.2) is 34.2 Å². The first-order valence-electron chi connectivity index (χ1n) is 9.11. The molecule has 0 saturated carbocycles. The first-order chi connectivity index (χ1) is 14.1. The van der Waals surface area contributed by atoms with Crippen LogP contribution in [0.4, 0.5) is 4.39 Å². The zero-order valence-corrected chi connectivity index (χ0v) is 16.6. The predicted molar refractivity (Wildman–Crippen MR) is 110 cm³/mol. The highest BCUT2D eigenvalue weighted by atomic mass is 32.1. The maximum Gasteiger partial charge on any atom is 0.224 e. The van der Waals surface area contributed by atoms with Crippen LogP contribution in [0.2, 0.25) is 0 Å². The van der Waals surface area contributed by atoms with Crippen LogP contribution in [0, 0.1) is 5.82 Å². The summed E-state index contributed by atoms with van der Waals surface area (Å²) in [5.41, 5.74) is 2.66. The second-order valence-electron chi connectivity index (χ2n) is 6.49. The number of rotatable bonds is 7. The Hall–Kier alpha value is -3.26. The highest BCUT2D eigenvalue weighted by Crippen LogP contribution is 2.21. The topological polar surface area (TPSA) is 68.5 Å². The number of hydrogen-bond donors (Lipinski definition) is 1. The van der Waals surface area contributed by atoms with Gasteiger partial charge >= 0.3 is 0 Å². The van der Waals surface area contributed by atoms with Gasteiger partial charge in [-0.2, -0.15) is 4.98 Å². The van der Waals surface area contributed by atoms with E-state index in [1.807, 2.05) is 29.6 Å². The molecule has 0 spiro atoms. The molecule has 0 saturated heterocycles. The zero-order chi connectivity index (χ0) is 20.2. The van der Waals surface area contributed by atoms with Crippen LogP contribution in [0.25, 0.3) is 16.3 Å². The van der Waals surface area contributed by atoms with Gasteiger partial charge in [0.25, 0.3) is 0 Å². The molecule has 0 radical (unpaired) electrons. The quantitative estimate of drug-likeness (QED) is 0.506. The second kappa shape index (κ2) is 8.40. The number of methoxy groups -OCH3 is 1. The van der Waals surface area contributed by atoms with E-state index in [0.29, 0.717) is 25.2 Å². The average molecular weight is 410 g/mol. The molecule has 0 unspecified atom stereocenters. The molecular weight excluding hydrogens is 391 g/mol. The van der Waals surface area contributed by atoms with Gasteiger partial charge in [-0.15, -0.1) is 16.4 Å². The first-order valence-corrected chi connectivity index (χ1v) is 9.99. The summed E-state index contributed by atoms with van der Waals surface area (Å²) < 4.78 is 20.0. The van der Waals surface area contributed by atoms with Crippen molar-refractivity contribution in [2.45, 2.75) is 12.8 Å². The molecule has 0 aliphatic heterocycles. The Bertz CT molecular complexity index is 1120. The summed E-state index contributed by atoms with van der Waals surface area (Å²) >= 11 is 1.49. The molecule has 0 fully saturated rings. The Kier molecular flexibility index (Phi) is 5.53. The van der Waals surface area contributed by atoms with Crippen LogP contribution in [-0.2, 0) is 17.6 Å². The highest BCUT2D eigenvalue weighted by Gasteiger charge is 2.12. The number of ether oxygens (including phenoxy) is 1. The van der Waals surface area contributed by atoms with Crippen molar-refractivity contribution < 1.29 is 13.9 Å². The fourth-order valence-corrected chi connectivity index (χ4v) is 3.80. The summed E-state index contributed by atoms with van der Waals surface area (Å²) in [4.78, 5) is 17.4. The highest BCUT2D eigenvalue weighted by molar-refractivity contribution is 7.15. The van der Waals surface area contributed by atoms with Gasteiger partial charge in [0.2, 0.25) is 10.9 Å². The van der Waals surface area contributed by atoms with Gasteiger partial charge in [0.15, 0.2) is 5.82 Å². The number of nitrogens with zero attached hydrogens (tertiary/aromatic N) is 3. The van der Waals surface area contributed by atoms with Crippen molar-refractivity contribution in [3.05, 3.63) is 71.0 Å². The fourth-order valence-electron chi connectivity index (χ4n) is 2.94. The molecule has 8 heteroatoms. The van der Waals surface area contributed by atoms with Gasteiger partial charge < -0.3 is 10.1 Å². The Labute approximate surface area is 171 Å². The number of aromatic nitrogens is 3. The maximum absolute atomic E-state index is 13.1. The normalized spacial score (nSPS) is 11.0. The number of benzene rings is 2. The summed E-state index contributed by atoms with van der Waals surface area (Å²) in [6, 6.07) is 13.6. The van der Waals surface area contributed by atoms with E-state index >= 15 is 0 Å². The second-order valence-corrected chi connectivity index (χ2v) is 7.33. The molecule has 2 heterocycles. The van der Waals surface area contributed by atoms with Crippen molar-refractivity contribution in [2.24, 2.45) is 0 Å². The van der Waals surface area contributed by atoms with Crippen LogP contribution < -0.4 is 10.1 Å². The Balaban J connectivity index is 1.35. The molecule has 4 rings (SSSR count). The standard InChI is InChI=1S/C21H19FN4O2S/c1-28-18-8-2-14(3-9-18)12-19(27)23-11-10-17-13-29-21-24-20(25-26(17)21)15-4-6-16(22)7-5-15/h2-9,13H,10-12H2,1H3,(H,23,27). The van der Waals surface area contributed by atoms with E-state index in [2.05, 4.69) is 15.4 Å². The number of carbonyl (C=O) groups is 1. The molecule has 0 aliphatic carbocycles. The summed E-state index contributed by atoms with van der Waals surface area (Å²) in [6.45, 7) is 0.507. The van der Waals surface area contributed by atoms with E-state index in [-0.39, 0.29) is 11.7 Å². The number of fused-ring (bicyclic) bond motifs is 1. The molecule has 4 aromatic rings. The number of hydrogen-bond acceptors (Lipinski definition) is 5. The van der Waals surface area contributed by atoms with Crippen molar-refractivity contribution in [1.82, 2.24) is 19.9 Å². The molecule has 0 aliphatic rings. The van der Waals surface area contributed by atoms with Crippen LogP contribution in [0.3, 0.4) is 0 Å². The largest absolute Gasteiger partial charge is 0.497 e. The van der Waals surface area contributed by atoms with E-state index in [0.717, 1.165) is 27.5 Å². The van der Waals surface area contributed by atoms with Gasteiger partial charge in [-0.3, -0.25) is 4.79 Å². The molecule has 148 valence electrons. The SMILES string of the molecule is COc1ccc(CC(=O)NCCc2csc3nc(-c4ccc(F)cc4)nn23)cc1. The van der Waals surface area contributed by atoms with E-state index in [4.69, 9.17) is 4.74 Å². The lowest BCUT2D eigenvalue weighted by atomic mass is 10.1. The summed E-state index contributed by atoms with van der Waals surface area (Å²) in [5.74, 6) is 0.998. The van der Waals surface area contributed by atoms with Gasteiger partial charge in [0.1, 0.15) is 11.6 Å². The van der Waals surface area contributed by atoms with Crippen molar-refractivity contribution in [3.63, 3.8) is 0 Å². The minimum Gasteiger partial charge on any atom is -0.497 e. The van der Waals surface area contributed by atoms with E-state index in [9.17, 15) is 9.18 Å². The molecule has 0 bridgehead atoms. The minimum absolute atomic E-state index is 0.0350. The van der Waals surface area contributed by atoms with E-state index < -0.39 is 0 Å².